The highest BCUT2D eigenvalue weighted by atomic mass is 35.7. The Hall–Kier alpha value is -1.40. The molecule has 0 saturated carbocycles. The second kappa shape index (κ2) is 4.94. The van der Waals surface area contributed by atoms with Crippen LogP contribution in [-0.4, -0.2) is 8.42 Å². The number of halogens is 6. The molecule has 10 heteroatoms. The number of nitriles is 1. The van der Waals surface area contributed by atoms with Crippen LogP contribution in [0.1, 0.15) is 23.1 Å². The van der Waals surface area contributed by atoms with Gasteiger partial charge in [-0.05, 0) is 12.1 Å². The largest absolute Gasteiger partial charge is 0.418 e. The van der Waals surface area contributed by atoms with Crippen LogP contribution in [0, 0.1) is 11.3 Å². The van der Waals surface area contributed by atoms with Crippen molar-refractivity contribution in [1.29, 1.82) is 5.26 Å². The Morgan fingerprint density at radius 3 is 2.11 bits per heavy atom. The van der Waals surface area contributed by atoms with Crippen LogP contribution < -0.4 is 0 Å². The summed E-state index contributed by atoms with van der Waals surface area (Å²) in [5, 5.41) is 8.52. The van der Waals surface area contributed by atoms with Gasteiger partial charge in [0.2, 0.25) is 0 Å². The fraction of sp³-hybridized carbons (Fsp3) is 0.222. The molecule has 1 rings (SSSR count). The molecule has 1 aromatic carbocycles. The van der Waals surface area contributed by atoms with Gasteiger partial charge in [-0.1, -0.05) is 0 Å². The summed E-state index contributed by atoms with van der Waals surface area (Å²) in [4.78, 5) is -1.50. The molecule has 0 radical (unpaired) electrons. The second-order valence-corrected chi connectivity index (χ2v) is 5.78. The van der Waals surface area contributed by atoms with Gasteiger partial charge in [-0.15, -0.1) is 0 Å². The number of nitrogens with zero attached hydrogens (tertiary/aromatic N) is 1. The number of alkyl halides is 5. The molecule has 0 spiro atoms. The predicted molar refractivity (Wildman–Crippen MR) is 54.2 cm³/mol. The first-order chi connectivity index (χ1) is 8.50. The van der Waals surface area contributed by atoms with Crippen LogP contribution in [0.15, 0.2) is 17.0 Å². The summed E-state index contributed by atoms with van der Waals surface area (Å²) >= 11 is 0. The molecule has 0 N–H and O–H groups in total. The molecule has 0 aliphatic heterocycles. The van der Waals surface area contributed by atoms with Gasteiger partial charge in [0.25, 0.3) is 15.5 Å². The van der Waals surface area contributed by atoms with Crippen molar-refractivity contribution in [2.24, 2.45) is 0 Å². The Kier molecular flexibility index (Phi) is 4.07. The summed E-state index contributed by atoms with van der Waals surface area (Å²) in [5.74, 6) is 0. The molecule has 0 aliphatic carbocycles. The molecule has 0 aromatic heterocycles. The molecular weight excluding hydrogens is 317 g/mol. The molecule has 0 amide bonds. The van der Waals surface area contributed by atoms with Crippen LogP contribution in [0.2, 0.25) is 0 Å². The van der Waals surface area contributed by atoms with Crippen LogP contribution >= 0.6 is 10.7 Å². The van der Waals surface area contributed by atoms with Crippen molar-refractivity contribution in [1.82, 2.24) is 0 Å². The molecule has 1 aromatic rings. The Balaban J connectivity index is 3.93. The molecule has 3 nitrogen and oxygen atoms in total. The normalized spacial score (nSPS) is 12.5. The van der Waals surface area contributed by atoms with Crippen LogP contribution in [0.25, 0.3) is 0 Å². The van der Waals surface area contributed by atoms with Gasteiger partial charge in [-0.3, -0.25) is 0 Å². The summed E-state index contributed by atoms with van der Waals surface area (Å²) in [7, 11) is -0.102. The minimum atomic E-state index is -5.39. The van der Waals surface area contributed by atoms with Gasteiger partial charge in [0.1, 0.15) is 0 Å². The quantitative estimate of drug-likeness (QED) is 0.619. The maximum absolute atomic E-state index is 12.8. The Morgan fingerprint density at radius 1 is 1.26 bits per heavy atom. The highest BCUT2D eigenvalue weighted by molar-refractivity contribution is 8.13. The molecule has 0 heterocycles. The van der Waals surface area contributed by atoms with Crippen molar-refractivity contribution < 1.29 is 30.4 Å². The van der Waals surface area contributed by atoms with Gasteiger partial charge in [0, 0.05) is 16.2 Å². The highest BCUT2D eigenvalue weighted by Gasteiger charge is 2.42. The van der Waals surface area contributed by atoms with Crippen molar-refractivity contribution in [3.63, 3.8) is 0 Å². The van der Waals surface area contributed by atoms with Crippen LogP contribution in [-0.2, 0) is 15.2 Å². The average Bonchev–Trinajstić information content (AvgIpc) is 2.24. The van der Waals surface area contributed by atoms with Gasteiger partial charge < -0.3 is 0 Å². The lowest BCUT2D eigenvalue weighted by Crippen LogP contribution is -2.16. The van der Waals surface area contributed by atoms with Crippen LogP contribution in [0.3, 0.4) is 0 Å². The minimum absolute atomic E-state index is 0.371. The Labute approximate surface area is 108 Å². The third kappa shape index (κ3) is 3.13. The SMILES string of the molecule is N#Cc1ccc(S(=O)(=O)Cl)c(C(F)(F)F)c1C(F)F. The number of hydrogen-bond acceptors (Lipinski definition) is 3. The van der Waals surface area contributed by atoms with Gasteiger partial charge in [0.15, 0.2) is 0 Å². The van der Waals surface area contributed by atoms with Crippen molar-refractivity contribution >= 4 is 19.7 Å². The monoisotopic (exact) mass is 319 g/mol. The van der Waals surface area contributed by atoms with Crippen LogP contribution in [0.4, 0.5) is 22.0 Å². The zero-order valence-corrected chi connectivity index (χ0v) is 10.2. The highest BCUT2D eigenvalue weighted by Crippen LogP contribution is 2.42. The van der Waals surface area contributed by atoms with Gasteiger partial charge in [-0.25, -0.2) is 17.2 Å². The summed E-state index contributed by atoms with van der Waals surface area (Å²) in [6.45, 7) is 0. The number of benzene rings is 1. The predicted octanol–water partition coefficient (Wildman–Crippen LogP) is 3.44. The first-order valence-electron chi connectivity index (χ1n) is 4.37. The molecule has 0 bridgehead atoms. The number of hydrogen-bond donors (Lipinski definition) is 0. The van der Waals surface area contributed by atoms with E-state index in [1.165, 1.54) is 0 Å². The molecule has 0 unspecified atom stereocenters. The fourth-order valence-corrected chi connectivity index (χ4v) is 2.51. The zero-order valence-electron chi connectivity index (χ0n) is 8.67. The Morgan fingerprint density at radius 2 is 1.79 bits per heavy atom. The molecule has 0 aliphatic rings. The average molecular weight is 320 g/mol. The van der Waals surface area contributed by atoms with Crippen molar-refractivity contribution in [3.05, 3.63) is 28.8 Å². The molecule has 104 valence electrons. The van der Waals surface area contributed by atoms with Crippen LogP contribution in [0.5, 0.6) is 0 Å². The van der Waals surface area contributed by atoms with E-state index in [0.29, 0.717) is 12.1 Å². The number of rotatable bonds is 2. The van der Waals surface area contributed by atoms with E-state index in [1.807, 2.05) is 0 Å². The van der Waals surface area contributed by atoms with E-state index in [4.69, 9.17) is 15.9 Å². The third-order valence-corrected chi connectivity index (χ3v) is 3.46. The lowest BCUT2D eigenvalue weighted by molar-refractivity contribution is -0.141. The Bertz CT molecular complexity index is 648. The van der Waals surface area contributed by atoms with E-state index in [0.717, 1.165) is 6.07 Å². The fourth-order valence-electron chi connectivity index (χ4n) is 1.42. The molecular formula is C9H3ClF5NO2S. The first kappa shape index (κ1) is 15.7. The summed E-state index contributed by atoms with van der Waals surface area (Å²) < 4.78 is 85.6. The van der Waals surface area contributed by atoms with E-state index in [2.05, 4.69) is 0 Å². The lowest BCUT2D eigenvalue weighted by Gasteiger charge is -2.16. The van der Waals surface area contributed by atoms with Crippen molar-refractivity contribution in [2.45, 2.75) is 17.5 Å². The zero-order chi connectivity index (χ0) is 15.0. The summed E-state index contributed by atoms with van der Waals surface area (Å²) in [6.07, 6.45) is -9.07. The maximum atomic E-state index is 12.8. The molecule has 0 atom stereocenters. The van der Waals surface area contributed by atoms with Gasteiger partial charge in [0.05, 0.1) is 22.1 Å². The molecule has 0 fully saturated rings. The van der Waals surface area contributed by atoms with Gasteiger partial charge in [-0.2, -0.15) is 18.4 Å². The smallest absolute Gasteiger partial charge is 0.207 e. The van der Waals surface area contributed by atoms with Crippen molar-refractivity contribution in [3.8, 4) is 6.07 Å². The maximum Gasteiger partial charge on any atom is 0.418 e. The summed E-state index contributed by atoms with van der Waals surface area (Å²) in [6, 6.07) is 2.07. The van der Waals surface area contributed by atoms with E-state index >= 15 is 0 Å². The second-order valence-electron chi connectivity index (χ2n) is 3.25. The van der Waals surface area contributed by atoms with E-state index in [1.54, 1.807) is 0 Å². The third-order valence-electron chi connectivity index (χ3n) is 2.09. The topological polar surface area (TPSA) is 57.9 Å². The summed E-state index contributed by atoms with van der Waals surface area (Å²) in [5.41, 5.74) is -4.78. The van der Waals surface area contributed by atoms with Gasteiger partial charge >= 0.3 is 6.18 Å². The van der Waals surface area contributed by atoms with E-state index in [-0.39, 0.29) is 0 Å². The molecule has 19 heavy (non-hydrogen) atoms. The lowest BCUT2D eigenvalue weighted by atomic mass is 10.0. The first-order valence-corrected chi connectivity index (χ1v) is 6.68. The standard InChI is InChI=1S/C9H3ClF5NO2S/c10-19(17,18)5-2-1-4(3-16)6(8(11)12)7(5)9(13,14)15/h1-2,8H. The van der Waals surface area contributed by atoms with E-state index < -0.39 is 43.2 Å². The molecule has 0 saturated heterocycles. The van der Waals surface area contributed by atoms with Crippen molar-refractivity contribution in [2.75, 3.05) is 0 Å². The minimum Gasteiger partial charge on any atom is -0.207 e. The van der Waals surface area contributed by atoms with E-state index in [9.17, 15) is 30.4 Å².